The minimum Gasteiger partial charge on any atom is -0.441 e. The molecule has 1 saturated carbocycles. The van der Waals surface area contributed by atoms with Crippen LogP contribution in [0.4, 0.5) is 0 Å². The second-order valence-electron chi connectivity index (χ2n) is 7.76. The van der Waals surface area contributed by atoms with E-state index in [4.69, 9.17) is 9.15 Å². The van der Waals surface area contributed by atoms with Gasteiger partial charge in [-0.05, 0) is 43.6 Å². The van der Waals surface area contributed by atoms with E-state index in [-0.39, 0.29) is 24.5 Å². The van der Waals surface area contributed by atoms with E-state index in [0.29, 0.717) is 23.3 Å². The second kappa shape index (κ2) is 9.51. The highest BCUT2D eigenvalue weighted by atomic mass is 32.1. The maximum absolute atomic E-state index is 12.6. The normalized spacial score (nSPS) is 20.1. The number of rotatable bonds is 8. The van der Waals surface area contributed by atoms with Crippen LogP contribution in [0.25, 0.3) is 11.5 Å². The number of ether oxygens (including phenoxy) is 1. The van der Waals surface area contributed by atoms with Gasteiger partial charge in [0.05, 0.1) is 24.3 Å². The Morgan fingerprint density at radius 3 is 2.96 bits per heavy atom. The topological polar surface area (TPSA) is 64.4 Å². The summed E-state index contributed by atoms with van der Waals surface area (Å²) >= 11 is 1.60. The minimum absolute atomic E-state index is 0.00683. The average Bonchev–Trinajstić information content (AvgIpc) is 3.26. The number of aryl methyl sites for hydroxylation is 1. The van der Waals surface area contributed by atoms with E-state index in [2.05, 4.69) is 24.1 Å². The zero-order valence-electron chi connectivity index (χ0n) is 16.5. The molecular weight excluding hydrogens is 360 g/mol. The molecule has 1 aliphatic carbocycles. The van der Waals surface area contributed by atoms with Crippen molar-refractivity contribution in [2.45, 2.75) is 71.4 Å². The molecule has 1 fully saturated rings. The summed E-state index contributed by atoms with van der Waals surface area (Å²) in [6, 6.07) is 2.07. The monoisotopic (exact) mass is 390 g/mol. The molecule has 2 aromatic rings. The van der Waals surface area contributed by atoms with E-state index in [1.807, 2.05) is 23.8 Å². The van der Waals surface area contributed by atoms with E-state index >= 15 is 0 Å². The van der Waals surface area contributed by atoms with Gasteiger partial charge in [-0.2, -0.15) is 11.3 Å². The van der Waals surface area contributed by atoms with Crippen molar-refractivity contribution in [3.63, 3.8) is 0 Å². The smallest absolute Gasteiger partial charge is 0.227 e. The summed E-state index contributed by atoms with van der Waals surface area (Å²) in [5, 5.41) is 7.17. The Balaban J connectivity index is 1.56. The van der Waals surface area contributed by atoms with Crippen molar-refractivity contribution in [1.29, 1.82) is 0 Å². The highest BCUT2D eigenvalue weighted by Gasteiger charge is 2.27. The molecular formula is C21H30N2O3S. The van der Waals surface area contributed by atoms with Crippen LogP contribution < -0.4 is 5.32 Å². The standard InChI is InChI=1S/C21H30N2O3S/c1-14(2)8-10-25-19-7-5-4-6-17(19)22-20(24)12-18-15(3)26-21(23-18)16-9-11-27-13-16/h9,11,13-14,17,19H,4-8,10,12H2,1-3H3,(H,22,24)/t17-,19+/m1/s1. The van der Waals surface area contributed by atoms with Gasteiger partial charge in [-0.25, -0.2) is 4.98 Å². The van der Waals surface area contributed by atoms with Crippen LogP contribution in [0.15, 0.2) is 21.2 Å². The van der Waals surface area contributed by atoms with Crippen LogP contribution in [0, 0.1) is 12.8 Å². The Labute approximate surface area is 165 Å². The fourth-order valence-corrected chi connectivity index (χ4v) is 4.06. The summed E-state index contributed by atoms with van der Waals surface area (Å²) in [6.45, 7) is 7.03. The molecule has 6 heteroatoms. The predicted octanol–water partition coefficient (Wildman–Crippen LogP) is 4.74. The Morgan fingerprint density at radius 1 is 1.41 bits per heavy atom. The number of nitrogens with zero attached hydrogens (tertiary/aromatic N) is 1. The number of carbonyl (C=O) groups excluding carboxylic acids is 1. The number of oxazole rings is 1. The molecule has 148 valence electrons. The lowest BCUT2D eigenvalue weighted by Crippen LogP contribution is -2.47. The molecule has 1 N–H and O–H groups in total. The van der Waals surface area contributed by atoms with Gasteiger partial charge in [-0.3, -0.25) is 4.79 Å². The molecule has 27 heavy (non-hydrogen) atoms. The fraction of sp³-hybridized carbons (Fsp3) is 0.619. The third kappa shape index (κ3) is 5.66. The van der Waals surface area contributed by atoms with E-state index in [1.54, 1.807) is 11.3 Å². The molecule has 2 heterocycles. The van der Waals surface area contributed by atoms with Gasteiger partial charge < -0.3 is 14.5 Å². The van der Waals surface area contributed by atoms with Crippen LogP contribution in [0.3, 0.4) is 0 Å². The third-order valence-electron chi connectivity index (χ3n) is 5.06. The SMILES string of the molecule is Cc1oc(-c2ccsc2)nc1CC(=O)N[C@@H]1CCCC[C@@H]1OCCC(C)C. The predicted molar refractivity (Wildman–Crippen MR) is 108 cm³/mol. The first-order valence-corrected chi connectivity index (χ1v) is 10.9. The molecule has 0 unspecified atom stereocenters. The maximum Gasteiger partial charge on any atom is 0.227 e. The molecule has 0 saturated heterocycles. The third-order valence-corrected chi connectivity index (χ3v) is 5.75. The molecule has 3 rings (SSSR count). The summed E-state index contributed by atoms with van der Waals surface area (Å²) < 4.78 is 11.8. The highest BCUT2D eigenvalue weighted by Crippen LogP contribution is 2.25. The van der Waals surface area contributed by atoms with Crippen LogP contribution in [0.2, 0.25) is 0 Å². The molecule has 0 radical (unpaired) electrons. The summed E-state index contributed by atoms with van der Waals surface area (Å²) in [6.07, 6.45) is 5.74. The number of carbonyl (C=O) groups is 1. The zero-order chi connectivity index (χ0) is 19.2. The van der Waals surface area contributed by atoms with Crippen LogP contribution >= 0.6 is 11.3 Å². The van der Waals surface area contributed by atoms with Crippen molar-refractivity contribution in [1.82, 2.24) is 10.3 Å². The first-order chi connectivity index (χ1) is 13.0. The van der Waals surface area contributed by atoms with E-state index in [0.717, 1.165) is 37.9 Å². The Kier molecular flexibility index (Phi) is 7.07. The quantitative estimate of drug-likeness (QED) is 0.707. The average molecular weight is 391 g/mol. The zero-order valence-corrected chi connectivity index (χ0v) is 17.3. The molecule has 0 spiro atoms. The number of hydrogen-bond donors (Lipinski definition) is 1. The van der Waals surface area contributed by atoms with Gasteiger partial charge in [-0.1, -0.05) is 26.7 Å². The van der Waals surface area contributed by atoms with E-state index in [1.165, 1.54) is 6.42 Å². The van der Waals surface area contributed by atoms with Gasteiger partial charge in [0.2, 0.25) is 11.8 Å². The van der Waals surface area contributed by atoms with Crippen molar-refractivity contribution >= 4 is 17.2 Å². The summed E-state index contributed by atoms with van der Waals surface area (Å²) in [7, 11) is 0. The number of thiophene rings is 1. The fourth-order valence-electron chi connectivity index (χ4n) is 3.43. The van der Waals surface area contributed by atoms with Crippen molar-refractivity contribution in [3.05, 3.63) is 28.3 Å². The molecule has 2 atom stereocenters. The molecule has 1 amide bonds. The van der Waals surface area contributed by atoms with Crippen LogP contribution in [-0.2, 0) is 16.0 Å². The van der Waals surface area contributed by atoms with E-state index in [9.17, 15) is 4.79 Å². The summed E-state index contributed by atoms with van der Waals surface area (Å²) in [5.74, 6) is 1.92. The highest BCUT2D eigenvalue weighted by molar-refractivity contribution is 7.08. The maximum atomic E-state index is 12.6. The number of hydrogen-bond acceptors (Lipinski definition) is 5. The number of nitrogens with one attached hydrogen (secondary N) is 1. The summed E-state index contributed by atoms with van der Waals surface area (Å²) in [4.78, 5) is 17.1. The first kappa shape index (κ1) is 20.1. The molecule has 0 bridgehead atoms. The number of aromatic nitrogens is 1. The van der Waals surface area contributed by atoms with Crippen LogP contribution in [0.1, 0.15) is 57.4 Å². The first-order valence-electron chi connectivity index (χ1n) is 9.92. The van der Waals surface area contributed by atoms with Gasteiger partial charge >= 0.3 is 0 Å². The molecule has 5 nitrogen and oxygen atoms in total. The molecule has 0 aliphatic heterocycles. The Hall–Kier alpha value is -1.66. The van der Waals surface area contributed by atoms with Gasteiger partial charge in [0, 0.05) is 17.6 Å². The molecule has 0 aromatic carbocycles. The Bertz CT molecular complexity index is 724. The van der Waals surface area contributed by atoms with Crippen LogP contribution in [-0.4, -0.2) is 29.6 Å². The van der Waals surface area contributed by atoms with Crippen LogP contribution in [0.5, 0.6) is 0 Å². The lowest BCUT2D eigenvalue weighted by atomic mass is 9.92. The van der Waals surface area contributed by atoms with Crippen molar-refractivity contribution < 1.29 is 13.9 Å². The largest absolute Gasteiger partial charge is 0.441 e. The van der Waals surface area contributed by atoms with Crippen molar-refractivity contribution in [2.24, 2.45) is 5.92 Å². The summed E-state index contributed by atoms with van der Waals surface area (Å²) in [5.41, 5.74) is 1.67. The Morgan fingerprint density at radius 2 is 2.22 bits per heavy atom. The number of amides is 1. The van der Waals surface area contributed by atoms with Gasteiger partial charge in [0.25, 0.3) is 0 Å². The van der Waals surface area contributed by atoms with Crippen molar-refractivity contribution in [3.8, 4) is 11.5 Å². The molecule has 2 aromatic heterocycles. The van der Waals surface area contributed by atoms with Crippen molar-refractivity contribution in [2.75, 3.05) is 6.61 Å². The lowest BCUT2D eigenvalue weighted by molar-refractivity contribution is -0.123. The minimum atomic E-state index is -0.00683. The van der Waals surface area contributed by atoms with Gasteiger partial charge in [0.15, 0.2) is 0 Å². The second-order valence-corrected chi connectivity index (χ2v) is 8.54. The molecule has 1 aliphatic rings. The van der Waals surface area contributed by atoms with E-state index < -0.39 is 0 Å². The van der Waals surface area contributed by atoms with Gasteiger partial charge in [0.1, 0.15) is 5.76 Å². The van der Waals surface area contributed by atoms with Gasteiger partial charge in [-0.15, -0.1) is 0 Å². The lowest BCUT2D eigenvalue weighted by Gasteiger charge is -2.32.